The summed E-state index contributed by atoms with van der Waals surface area (Å²) in [6.45, 7) is 8.95. The zero-order valence-corrected chi connectivity index (χ0v) is 14.0. The second kappa shape index (κ2) is 6.64. The van der Waals surface area contributed by atoms with Crippen LogP contribution in [0.15, 0.2) is 18.3 Å². The number of hydrogen-bond donors (Lipinski definition) is 2. The molecule has 1 amide bonds. The van der Waals surface area contributed by atoms with E-state index >= 15 is 0 Å². The summed E-state index contributed by atoms with van der Waals surface area (Å²) in [6, 6.07) is 3.59. The Morgan fingerprint density at radius 2 is 1.91 bits per heavy atom. The molecule has 0 bridgehead atoms. The molecule has 0 fully saturated rings. The highest BCUT2D eigenvalue weighted by molar-refractivity contribution is 6.06. The molecule has 6 heteroatoms. The van der Waals surface area contributed by atoms with Gasteiger partial charge in [-0.05, 0) is 51.8 Å². The molecule has 0 unspecified atom stereocenters. The third kappa shape index (κ3) is 3.77. The summed E-state index contributed by atoms with van der Waals surface area (Å²) in [5, 5.41) is 2.71. The summed E-state index contributed by atoms with van der Waals surface area (Å²) in [5.41, 5.74) is 2.92. The Labute approximate surface area is 135 Å². The first-order valence-electron chi connectivity index (χ1n) is 7.43. The van der Waals surface area contributed by atoms with E-state index in [4.69, 9.17) is 4.74 Å². The molecule has 0 aliphatic carbocycles. The van der Waals surface area contributed by atoms with Crippen LogP contribution >= 0.6 is 0 Å². The fraction of sp³-hybridized carbons (Fsp3) is 0.353. The Balaban J connectivity index is 2.24. The number of pyridine rings is 1. The van der Waals surface area contributed by atoms with Gasteiger partial charge in [0.15, 0.2) is 0 Å². The summed E-state index contributed by atoms with van der Waals surface area (Å²) < 4.78 is 5.22. The van der Waals surface area contributed by atoms with E-state index < -0.39 is 5.97 Å². The molecule has 2 aromatic rings. The van der Waals surface area contributed by atoms with Crippen LogP contribution < -0.4 is 5.32 Å². The zero-order valence-electron chi connectivity index (χ0n) is 14.0. The molecule has 6 nitrogen and oxygen atoms in total. The molecule has 0 spiro atoms. The number of carbonyl (C=O) groups is 2. The molecule has 0 radical (unpaired) electrons. The number of nitrogens with one attached hydrogen (secondary N) is 2. The molecule has 0 atom stereocenters. The van der Waals surface area contributed by atoms with Gasteiger partial charge in [-0.1, -0.05) is 6.07 Å². The molecule has 122 valence electrons. The monoisotopic (exact) mass is 315 g/mol. The smallest absolute Gasteiger partial charge is 0.340 e. The van der Waals surface area contributed by atoms with Crippen molar-refractivity contribution in [1.29, 1.82) is 0 Å². The summed E-state index contributed by atoms with van der Waals surface area (Å²) in [4.78, 5) is 31.6. The number of carbonyl (C=O) groups excluding carboxylic acids is 2. The van der Waals surface area contributed by atoms with Crippen LogP contribution in [-0.4, -0.2) is 27.9 Å². The molecule has 2 rings (SSSR count). The van der Waals surface area contributed by atoms with E-state index in [-0.39, 0.29) is 12.0 Å². The summed E-state index contributed by atoms with van der Waals surface area (Å²) in [5.74, 6) is -0.317. The second-order valence-corrected chi connectivity index (χ2v) is 5.75. The van der Waals surface area contributed by atoms with Gasteiger partial charge in [-0.15, -0.1) is 0 Å². The average molecular weight is 315 g/mol. The first-order valence-corrected chi connectivity index (χ1v) is 7.43. The summed E-state index contributed by atoms with van der Waals surface area (Å²) in [6.07, 6.45) is 1.46. The summed E-state index contributed by atoms with van der Waals surface area (Å²) in [7, 11) is 0. The predicted molar refractivity (Wildman–Crippen MR) is 87.7 cm³/mol. The second-order valence-electron chi connectivity index (χ2n) is 5.75. The molecular weight excluding hydrogens is 294 g/mol. The van der Waals surface area contributed by atoms with Crippen LogP contribution in [0.1, 0.15) is 51.5 Å². The largest absolute Gasteiger partial charge is 0.459 e. The molecular formula is C17H21N3O3. The van der Waals surface area contributed by atoms with Gasteiger partial charge in [0.2, 0.25) is 0 Å². The third-order valence-corrected chi connectivity index (χ3v) is 3.36. The van der Waals surface area contributed by atoms with E-state index in [1.807, 2.05) is 13.0 Å². The number of H-pyrrole nitrogens is 1. The van der Waals surface area contributed by atoms with E-state index in [0.717, 1.165) is 5.56 Å². The zero-order chi connectivity index (χ0) is 17.1. The molecule has 0 saturated heterocycles. The third-order valence-electron chi connectivity index (χ3n) is 3.36. The van der Waals surface area contributed by atoms with Crippen molar-refractivity contribution in [2.24, 2.45) is 0 Å². The Kier molecular flexibility index (Phi) is 4.83. The molecule has 2 N–H and O–H groups in total. The van der Waals surface area contributed by atoms with Gasteiger partial charge < -0.3 is 15.0 Å². The topological polar surface area (TPSA) is 84.1 Å². The Morgan fingerprint density at radius 1 is 1.22 bits per heavy atom. The van der Waals surface area contributed by atoms with Gasteiger partial charge in [0.25, 0.3) is 5.91 Å². The van der Waals surface area contributed by atoms with E-state index in [9.17, 15) is 9.59 Å². The lowest BCUT2D eigenvalue weighted by atomic mass is 10.1. The van der Waals surface area contributed by atoms with Crippen LogP contribution in [0.3, 0.4) is 0 Å². The Hall–Kier alpha value is -2.63. The number of aromatic amines is 1. The first-order chi connectivity index (χ1) is 10.8. The number of rotatable bonds is 4. The minimum absolute atomic E-state index is 0.217. The van der Waals surface area contributed by atoms with Crippen molar-refractivity contribution >= 4 is 17.7 Å². The number of aromatic nitrogens is 2. The maximum atomic E-state index is 12.4. The van der Waals surface area contributed by atoms with Gasteiger partial charge >= 0.3 is 5.97 Å². The van der Waals surface area contributed by atoms with Crippen LogP contribution in [-0.2, 0) is 4.74 Å². The van der Waals surface area contributed by atoms with Crippen molar-refractivity contribution in [1.82, 2.24) is 9.97 Å². The highest BCUT2D eigenvalue weighted by Crippen LogP contribution is 2.20. The molecule has 0 aromatic carbocycles. The van der Waals surface area contributed by atoms with Crippen molar-refractivity contribution in [2.45, 2.75) is 40.7 Å². The van der Waals surface area contributed by atoms with E-state index in [2.05, 4.69) is 15.3 Å². The average Bonchev–Trinajstić information content (AvgIpc) is 2.76. The number of nitrogens with zero attached hydrogens (tertiary/aromatic N) is 1. The fourth-order valence-corrected chi connectivity index (χ4v) is 2.28. The normalized spacial score (nSPS) is 10.7. The van der Waals surface area contributed by atoms with E-state index in [0.29, 0.717) is 28.3 Å². The quantitative estimate of drug-likeness (QED) is 0.849. The van der Waals surface area contributed by atoms with Gasteiger partial charge in [-0.2, -0.15) is 0 Å². The van der Waals surface area contributed by atoms with Crippen LogP contribution in [0, 0.1) is 20.8 Å². The number of anilines is 1. The molecule has 0 saturated carbocycles. The van der Waals surface area contributed by atoms with E-state index in [1.54, 1.807) is 40.0 Å². The highest BCUT2D eigenvalue weighted by atomic mass is 16.5. The Bertz CT molecular complexity index is 730. The molecule has 2 heterocycles. The fourth-order valence-electron chi connectivity index (χ4n) is 2.28. The lowest BCUT2D eigenvalue weighted by Gasteiger charge is -2.08. The minimum Gasteiger partial charge on any atom is -0.459 e. The van der Waals surface area contributed by atoms with Gasteiger partial charge in [-0.25, -0.2) is 9.78 Å². The number of ether oxygens (including phenoxy) is 1. The van der Waals surface area contributed by atoms with Crippen molar-refractivity contribution in [2.75, 3.05) is 5.32 Å². The predicted octanol–water partition coefficient (Wildman–Crippen LogP) is 3.15. The van der Waals surface area contributed by atoms with Crippen LogP contribution in [0.2, 0.25) is 0 Å². The number of esters is 1. The highest BCUT2D eigenvalue weighted by Gasteiger charge is 2.23. The molecule has 2 aromatic heterocycles. The standard InChI is InChI=1S/C17H21N3O3/c1-9(2)23-17(22)14-11(4)15(19-12(14)5)16(21)20-13-7-6-10(3)8-18-13/h6-9,19H,1-5H3,(H,18,20,21). The van der Waals surface area contributed by atoms with Gasteiger partial charge in [-0.3, -0.25) is 4.79 Å². The lowest BCUT2D eigenvalue weighted by Crippen LogP contribution is -2.16. The van der Waals surface area contributed by atoms with Gasteiger partial charge in [0.05, 0.1) is 11.7 Å². The first kappa shape index (κ1) is 16.7. The van der Waals surface area contributed by atoms with Crippen molar-refractivity contribution in [3.05, 3.63) is 46.4 Å². The SMILES string of the molecule is Cc1ccc(NC(=O)c2[nH]c(C)c(C(=O)OC(C)C)c2C)nc1. The van der Waals surface area contributed by atoms with Crippen LogP contribution in [0.25, 0.3) is 0 Å². The molecule has 0 aliphatic rings. The maximum Gasteiger partial charge on any atom is 0.340 e. The lowest BCUT2D eigenvalue weighted by molar-refractivity contribution is 0.0376. The van der Waals surface area contributed by atoms with Crippen molar-refractivity contribution in [3.63, 3.8) is 0 Å². The number of amides is 1. The minimum atomic E-state index is -0.432. The molecule has 0 aliphatic heterocycles. The number of aryl methyl sites for hydroxylation is 2. The van der Waals surface area contributed by atoms with Crippen molar-refractivity contribution < 1.29 is 14.3 Å². The Morgan fingerprint density at radius 3 is 2.48 bits per heavy atom. The van der Waals surface area contributed by atoms with Gasteiger partial charge in [0, 0.05) is 11.9 Å². The number of hydrogen-bond acceptors (Lipinski definition) is 4. The molecule has 23 heavy (non-hydrogen) atoms. The maximum absolute atomic E-state index is 12.4. The van der Waals surface area contributed by atoms with E-state index in [1.165, 1.54) is 0 Å². The summed E-state index contributed by atoms with van der Waals surface area (Å²) >= 11 is 0. The van der Waals surface area contributed by atoms with Gasteiger partial charge in [0.1, 0.15) is 11.5 Å². The van der Waals surface area contributed by atoms with Crippen LogP contribution in [0.4, 0.5) is 5.82 Å². The van der Waals surface area contributed by atoms with Crippen LogP contribution in [0.5, 0.6) is 0 Å². The van der Waals surface area contributed by atoms with Crippen molar-refractivity contribution in [3.8, 4) is 0 Å².